The number of aliphatic hydroxyl groups excluding tert-OH is 1. The van der Waals surface area contributed by atoms with Crippen molar-refractivity contribution in [2.75, 3.05) is 44.6 Å². The highest BCUT2D eigenvalue weighted by molar-refractivity contribution is 6.32. The van der Waals surface area contributed by atoms with E-state index in [4.69, 9.17) is 11.6 Å². The average molecular weight is 327 g/mol. The Morgan fingerprint density at radius 2 is 2.18 bits per heavy atom. The number of halogens is 1. The first-order valence-electron chi connectivity index (χ1n) is 7.61. The number of carbonyl (C=O) groups is 1. The van der Waals surface area contributed by atoms with Crippen molar-refractivity contribution in [3.63, 3.8) is 0 Å². The SMILES string of the molecule is CCC(CO)N1CCN(CC(=O)Nc2cccnc2Cl)CC1. The minimum absolute atomic E-state index is 0.0856. The van der Waals surface area contributed by atoms with Crippen molar-refractivity contribution < 1.29 is 9.90 Å². The zero-order valence-corrected chi connectivity index (χ0v) is 13.6. The van der Waals surface area contributed by atoms with Crippen LogP contribution in [0.2, 0.25) is 5.15 Å². The van der Waals surface area contributed by atoms with Gasteiger partial charge in [0.2, 0.25) is 5.91 Å². The van der Waals surface area contributed by atoms with Crippen molar-refractivity contribution in [2.24, 2.45) is 0 Å². The summed E-state index contributed by atoms with van der Waals surface area (Å²) in [6, 6.07) is 3.70. The first-order chi connectivity index (χ1) is 10.6. The molecule has 1 saturated heterocycles. The van der Waals surface area contributed by atoms with E-state index in [2.05, 4.69) is 27.0 Å². The molecule has 0 aliphatic carbocycles. The summed E-state index contributed by atoms with van der Waals surface area (Å²) >= 11 is 5.93. The molecule has 1 atom stereocenters. The third-order valence-corrected chi connectivity index (χ3v) is 4.31. The number of anilines is 1. The maximum absolute atomic E-state index is 12.1. The third kappa shape index (κ3) is 4.64. The van der Waals surface area contributed by atoms with Crippen LogP contribution in [0.15, 0.2) is 18.3 Å². The fraction of sp³-hybridized carbons (Fsp3) is 0.600. The summed E-state index contributed by atoms with van der Waals surface area (Å²) in [5.41, 5.74) is 0.541. The Kier molecular flexibility index (Phi) is 6.57. The first-order valence-corrected chi connectivity index (χ1v) is 7.99. The van der Waals surface area contributed by atoms with Gasteiger partial charge in [0.25, 0.3) is 0 Å². The number of hydrogen-bond acceptors (Lipinski definition) is 5. The molecule has 2 rings (SSSR count). The number of nitrogens with one attached hydrogen (secondary N) is 1. The van der Waals surface area contributed by atoms with Gasteiger partial charge < -0.3 is 10.4 Å². The average Bonchev–Trinajstić information content (AvgIpc) is 2.52. The van der Waals surface area contributed by atoms with Crippen LogP contribution in [0.1, 0.15) is 13.3 Å². The lowest BCUT2D eigenvalue weighted by Gasteiger charge is -2.38. The standard InChI is InChI=1S/C15H23ClN4O2/c1-2-12(11-21)20-8-6-19(7-9-20)10-14(22)18-13-4-3-5-17-15(13)16/h3-5,12,21H,2,6-11H2,1H3,(H,18,22). The molecule has 0 spiro atoms. The first kappa shape index (κ1) is 17.1. The van der Waals surface area contributed by atoms with Gasteiger partial charge in [-0.05, 0) is 18.6 Å². The topological polar surface area (TPSA) is 68.7 Å². The number of hydrogen-bond donors (Lipinski definition) is 2. The second-order valence-corrected chi connectivity index (χ2v) is 5.80. The van der Waals surface area contributed by atoms with Crippen LogP contribution in [0.5, 0.6) is 0 Å². The molecule has 0 saturated carbocycles. The van der Waals surface area contributed by atoms with E-state index < -0.39 is 0 Å². The summed E-state index contributed by atoms with van der Waals surface area (Å²) in [6.45, 7) is 6.01. The van der Waals surface area contributed by atoms with E-state index in [0.29, 0.717) is 17.4 Å². The summed E-state index contributed by atoms with van der Waals surface area (Å²) in [4.78, 5) is 20.4. The van der Waals surface area contributed by atoms with Gasteiger partial charge in [-0.25, -0.2) is 4.98 Å². The van der Waals surface area contributed by atoms with Crippen LogP contribution in [0.4, 0.5) is 5.69 Å². The minimum Gasteiger partial charge on any atom is -0.395 e. The number of nitrogens with zero attached hydrogens (tertiary/aromatic N) is 3. The van der Waals surface area contributed by atoms with E-state index in [1.165, 1.54) is 0 Å². The largest absolute Gasteiger partial charge is 0.395 e. The van der Waals surface area contributed by atoms with Crippen molar-refractivity contribution in [1.29, 1.82) is 0 Å². The molecule has 6 nitrogen and oxygen atoms in total. The summed E-state index contributed by atoms with van der Waals surface area (Å²) in [5, 5.41) is 12.4. The molecule has 122 valence electrons. The molecule has 1 aliphatic rings. The lowest BCUT2D eigenvalue weighted by molar-refractivity contribution is -0.117. The van der Waals surface area contributed by atoms with Crippen LogP contribution in [0.3, 0.4) is 0 Å². The van der Waals surface area contributed by atoms with Gasteiger partial charge >= 0.3 is 0 Å². The minimum atomic E-state index is -0.0856. The number of aliphatic hydroxyl groups is 1. The van der Waals surface area contributed by atoms with E-state index >= 15 is 0 Å². The number of pyridine rings is 1. The highest BCUT2D eigenvalue weighted by Gasteiger charge is 2.23. The lowest BCUT2D eigenvalue weighted by Crippen LogP contribution is -2.52. The summed E-state index contributed by atoms with van der Waals surface area (Å²) in [5.74, 6) is -0.0856. The Balaban J connectivity index is 1.78. The number of piperazine rings is 1. The zero-order valence-electron chi connectivity index (χ0n) is 12.8. The van der Waals surface area contributed by atoms with Crippen molar-refractivity contribution >= 4 is 23.2 Å². The molecule has 22 heavy (non-hydrogen) atoms. The Morgan fingerprint density at radius 1 is 1.45 bits per heavy atom. The molecular weight excluding hydrogens is 304 g/mol. The molecule has 0 radical (unpaired) electrons. The number of carbonyl (C=O) groups excluding carboxylic acids is 1. The van der Waals surface area contributed by atoms with Gasteiger partial charge in [-0.1, -0.05) is 18.5 Å². The van der Waals surface area contributed by atoms with Crippen LogP contribution in [-0.2, 0) is 4.79 Å². The fourth-order valence-electron chi connectivity index (χ4n) is 2.66. The molecule has 1 aliphatic heterocycles. The molecular formula is C15H23ClN4O2. The van der Waals surface area contributed by atoms with E-state index in [-0.39, 0.29) is 18.6 Å². The molecule has 2 N–H and O–H groups in total. The predicted molar refractivity (Wildman–Crippen MR) is 87.1 cm³/mol. The highest BCUT2D eigenvalue weighted by Crippen LogP contribution is 2.17. The summed E-state index contributed by atoms with van der Waals surface area (Å²) < 4.78 is 0. The Hall–Kier alpha value is -1.21. The Morgan fingerprint density at radius 3 is 2.77 bits per heavy atom. The number of rotatable bonds is 6. The fourth-order valence-corrected chi connectivity index (χ4v) is 2.83. The Labute approximate surface area is 136 Å². The quantitative estimate of drug-likeness (QED) is 0.765. The van der Waals surface area contributed by atoms with E-state index in [9.17, 15) is 9.90 Å². The second kappa shape index (κ2) is 8.43. The van der Waals surface area contributed by atoms with Crippen LogP contribution in [0, 0.1) is 0 Å². The third-order valence-electron chi connectivity index (χ3n) is 4.01. The maximum atomic E-state index is 12.1. The van der Waals surface area contributed by atoms with Gasteiger partial charge in [-0.3, -0.25) is 14.6 Å². The zero-order chi connectivity index (χ0) is 15.9. The summed E-state index contributed by atoms with van der Waals surface area (Å²) in [6.07, 6.45) is 2.53. The van der Waals surface area contributed by atoms with Crippen molar-refractivity contribution in [3.8, 4) is 0 Å². The van der Waals surface area contributed by atoms with Gasteiger partial charge in [0.15, 0.2) is 5.15 Å². The molecule has 1 fully saturated rings. The maximum Gasteiger partial charge on any atom is 0.238 e. The van der Waals surface area contributed by atoms with Crippen LogP contribution in [-0.4, -0.2) is 71.2 Å². The van der Waals surface area contributed by atoms with Gasteiger partial charge in [0.1, 0.15) is 0 Å². The Bertz CT molecular complexity index is 488. The molecule has 0 bridgehead atoms. The van der Waals surface area contributed by atoms with E-state index in [0.717, 1.165) is 32.6 Å². The lowest BCUT2D eigenvalue weighted by atomic mass is 10.1. The highest BCUT2D eigenvalue weighted by atomic mass is 35.5. The van der Waals surface area contributed by atoms with Gasteiger partial charge in [0, 0.05) is 38.4 Å². The van der Waals surface area contributed by atoms with E-state index in [1.54, 1.807) is 18.3 Å². The van der Waals surface area contributed by atoms with Crippen LogP contribution in [0.25, 0.3) is 0 Å². The molecule has 1 amide bonds. The predicted octanol–water partition coefficient (Wildman–Crippen LogP) is 1.06. The van der Waals surface area contributed by atoms with Crippen molar-refractivity contribution in [1.82, 2.24) is 14.8 Å². The van der Waals surface area contributed by atoms with Gasteiger partial charge in [-0.15, -0.1) is 0 Å². The van der Waals surface area contributed by atoms with Crippen molar-refractivity contribution in [2.45, 2.75) is 19.4 Å². The molecule has 1 aromatic heterocycles. The van der Waals surface area contributed by atoms with Crippen LogP contribution >= 0.6 is 11.6 Å². The van der Waals surface area contributed by atoms with Gasteiger partial charge in [0.05, 0.1) is 18.8 Å². The van der Waals surface area contributed by atoms with E-state index in [1.807, 2.05) is 0 Å². The molecule has 1 unspecified atom stereocenters. The molecule has 2 heterocycles. The second-order valence-electron chi connectivity index (χ2n) is 5.45. The number of aromatic nitrogens is 1. The monoisotopic (exact) mass is 326 g/mol. The van der Waals surface area contributed by atoms with Crippen molar-refractivity contribution in [3.05, 3.63) is 23.5 Å². The normalized spacial score (nSPS) is 18.1. The number of amides is 1. The van der Waals surface area contributed by atoms with Gasteiger partial charge in [-0.2, -0.15) is 0 Å². The molecule has 0 aromatic carbocycles. The smallest absolute Gasteiger partial charge is 0.238 e. The molecule has 7 heteroatoms. The summed E-state index contributed by atoms with van der Waals surface area (Å²) in [7, 11) is 0. The van der Waals surface area contributed by atoms with Crippen LogP contribution < -0.4 is 5.32 Å². The molecule has 1 aromatic rings.